The van der Waals surface area contributed by atoms with E-state index in [0.717, 1.165) is 42.4 Å². The van der Waals surface area contributed by atoms with Gasteiger partial charge in [0.1, 0.15) is 0 Å². The van der Waals surface area contributed by atoms with Crippen molar-refractivity contribution in [3.8, 4) is 11.5 Å². The van der Waals surface area contributed by atoms with Gasteiger partial charge < -0.3 is 19.7 Å². The lowest BCUT2D eigenvalue weighted by Gasteiger charge is -2.29. The zero-order chi connectivity index (χ0) is 19.4. The number of hydrogen-bond donors (Lipinski definition) is 1. The maximum atomic E-state index is 12.4. The third kappa shape index (κ3) is 4.52. The molecule has 0 saturated heterocycles. The SMILES string of the molecule is COc1cc2c(cc1OC)CN(CC(=O)Nc1ccc(N(C)C)cc1)CC2. The molecular weight excluding hydrogens is 342 g/mol. The van der Waals surface area contributed by atoms with Gasteiger partial charge in [-0.25, -0.2) is 0 Å². The summed E-state index contributed by atoms with van der Waals surface area (Å²) < 4.78 is 10.8. The van der Waals surface area contributed by atoms with Crippen LogP contribution < -0.4 is 19.7 Å². The maximum Gasteiger partial charge on any atom is 0.238 e. The summed E-state index contributed by atoms with van der Waals surface area (Å²) >= 11 is 0. The highest BCUT2D eigenvalue weighted by atomic mass is 16.5. The van der Waals surface area contributed by atoms with Crippen LogP contribution in [0.1, 0.15) is 11.1 Å². The Hall–Kier alpha value is -2.73. The molecule has 1 heterocycles. The molecule has 1 amide bonds. The molecule has 1 aliphatic heterocycles. The van der Waals surface area contributed by atoms with Crippen LogP contribution in [0.2, 0.25) is 0 Å². The first-order chi connectivity index (χ1) is 13.0. The summed E-state index contributed by atoms with van der Waals surface area (Å²) in [5.41, 5.74) is 4.35. The molecule has 3 rings (SSSR count). The number of ether oxygens (including phenoxy) is 2. The van der Waals surface area contributed by atoms with Gasteiger partial charge in [-0.2, -0.15) is 0 Å². The largest absolute Gasteiger partial charge is 0.493 e. The fraction of sp³-hybridized carbons (Fsp3) is 0.381. The van der Waals surface area contributed by atoms with Crippen LogP contribution in [0.5, 0.6) is 11.5 Å². The molecule has 0 atom stereocenters. The second-order valence-corrected chi connectivity index (χ2v) is 6.93. The zero-order valence-corrected chi connectivity index (χ0v) is 16.4. The fourth-order valence-corrected chi connectivity index (χ4v) is 3.32. The summed E-state index contributed by atoms with van der Waals surface area (Å²) in [7, 11) is 7.27. The van der Waals surface area contributed by atoms with Gasteiger partial charge in [0.2, 0.25) is 5.91 Å². The third-order valence-electron chi connectivity index (χ3n) is 4.83. The highest BCUT2D eigenvalue weighted by Gasteiger charge is 2.21. The Kier molecular flexibility index (Phi) is 5.86. The van der Waals surface area contributed by atoms with Gasteiger partial charge in [0.15, 0.2) is 11.5 Å². The van der Waals surface area contributed by atoms with E-state index in [4.69, 9.17) is 9.47 Å². The highest BCUT2D eigenvalue weighted by molar-refractivity contribution is 5.92. The van der Waals surface area contributed by atoms with Crippen LogP contribution in [0.3, 0.4) is 0 Å². The summed E-state index contributed by atoms with van der Waals surface area (Å²) in [4.78, 5) is 16.6. The van der Waals surface area contributed by atoms with Gasteiger partial charge in [-0.05, 0) is 53.9 Å². The first-order valence-corrected chi connectivity index (χ1v) is 9.03. The number of hydrogen-bond acceptors (Lipinski definition) is 5. The Balaban J connectivity index is 1.61. The van der Waals surface area contributed by atoms with Gasteiger partial charge in [0, 0.05) is 38.6 Å². The van der Waals surface area contributed by atoms with Gasteiger partial charge >= 0.3 is 0 Å². The molecule has 1 aliphatic rings. The van der Waals surface area contributed by atoms with Crippen LogP contribution in [0.15, 0.2) is 36.4 Å². The van der Waals surface area contributed by atoms with Crippen molar-refractivity contribution in [2.24, 2.45) is 0 Å². The predicted molar refractivity (Wildman–Crippen MR) is 108 cm³/mol. The minimum Gasteiger partial charge on any atom is -0.493 e. The monoisotopic (exact) mass is 369 g/mol. The molecule has 0 unspecified atom stereocenters. The number of anilines is 2. The van der Waals surface area contributed by atoms with Crippen molar-refractivity contribution in [2.45, 2.75) is 13.0 Å². The lowest BCUT2D eigenvalue weighted by atomic mass is 9.99. The predicted octanol–water partition coefficient (Wildman–Crippen LogP) is 2.77. The Morgan fingerprint density at radius 3 is 2.30 bits per heavy atom. The summed E-state index contributed by atoms with van der Waals surface area (Å²) in [6.45, 7) is 1.93. The number of methoxy groups -OCH3 is 2. The number of benzene rings is 2. The lowest BCUT2D eigenvalue weighted by Crippen LogP contribution is -2.37. The molecule has 0 bridgehead atoms. The minimum atomic E-state index is -0.00321. The molecular formula is C21H27N3O3. The molecule has 0 fully saturated rings. The fourth-order valence-electron chi connectivity index (χ4n) is 3.32. The molecule has 6 nitrogen and oxygen atoms in total. The average Bonchev–Trinajstić information content (AvgIpc) is 2.67. The number of nitrogens with one attached hydrogen (secondary N) is 1. The maximum absolute atomic E-state index is 12.4. The summed E-state index contributed by atoms with van der Waals surface area (Å²) in [5, 5.41) is 2.98. The minimum absolute atomic E-state index is 0.00321. The molecule has 0 aromatic heterocycles. The Labute approximate surface area is 160 Å². The average molecular weight is 369 g/mol. The summed E-state index contributed by atoms with van der Waals surface area (Å²) in [6, 6.07) is 11.9. The number of carbonyl (C=O) groups excluding carboxylic acids is 1. The number of fused-ring (bicyclic) bond motifs is 1. The van der Waals surface area contributed by atoms with Crippen LogP contribution in [-0.4, -0.2) is 52.2 Å². The van der Waals surface area contributed by atoms with E-state index in [-0.39, 0.29) is 5.91 Å². The zero-order valence-electron chi connectivity index (χ0n) is 16.4. The Morgan fingerprint density at radius 1 is 1.07 bits per heavy atom. The van der Waals surface area contributed by atoms with Crippen LogP contribution in [0, 0.1) is 0 Å². The molecule has 0 radical (unpaired) electrons. The smallest absolute Gasteiger partial charge is 0.238 e. The molecule has 1 N–H and O–H groups in total. The number of carbonyl (C=O) groups is 1. The van der Waals surface area contributed by atoms with E-state index >= 15 is 0 Å². The first kappa shape index (κ1) is 19.0. The highest BCUT2D eigenvalue weighted by Crippen LogP contribution is 2.33. The number of nitrogens with zero attached hydrogens (tertiary/aromatic N) is 2. The molecule has 0 spiro atoms. The summed E-state index contributed by atoms with van der Waals surface area (Å²) in [5.74, 6) is 1.48. The Morgan fingerprint density at radius 2 is 1.70 bits per heavy atom. The van der Waals surface area contributed by atoms with E-state index in [9.17, 15) is 4.79 Å². The van der Waals surface area contributed by atoms with Crippen molar-refractivity contribution < 1.29 is 14.3 Å². The van der Waals surface area contributed by atoms with E-state index in [0.29, 0.717) is 6.54 Å². The molecule has 144 valence electrons. The van der Waals surface area contributed by atoms with Crippen molar-refractivity contribution >= 4 is 17.3 Å². The van der Waals surface area contributed by atoms with Gasteiger partial charge in [-0.15, -0.1) is 0 Å². The Bertz CT molecular complexity index is 803. The quantitative estimate of drug-likeness (QED) is 0.849. The molecule has 6 heteroatoms. The van der Waals surface area contributed by atoms with Crippen molar-refractivity contribution in [2.75, 3.05) is 51.6 Å². The second-order valence-electron chi connectivity index (χ2n) is 6.93. The molecule has 27 heavy (non-hydrogen) atoms. The van der Waals surface area contributed by atoms with E-state index in [2.05, 4.69) is 10.2 Å². The van der Waals surface area contributed by atoms with E-state index in [1.54, 1.807) is 14.2 Å². The topological polar surface area (TPSA) is 54.0 Å². The normalized spacial score (nSPS) is 13.6. The second kappa shape index (κ2) is 8.31. The van der Waals surface area contributed by atoms with Crippen LogP contribution in [0.4, 0.5) is 11.4 Å². The standard InChI is InChI=1S/C21H27N3O3/c1-23(2)18-7-5-17(6-8-18)22-21(25)14-24-10-9-15-11-19(26-3)20(27-4)12-16(15)13-24/h5-8,11-12H,9-10,13-14H2,1-4H3,(H,22,25). The lowest BCUT2D eigenvalue weighted by molar-refractivity contribution is -0.117. The van der Waals surface area contributed by atoms with Gasteiger partial charge in [0.25, 0.3) is 0 Å². The van der Waals surface area contributed by atoms with Gasteiger partial charge in [0.05, 0.1) is 20.8 Å². The van der Waals surface area contributed by atoms with E-state index in [1.165, 1.54) is 11.1 Å². The van der Waals surface area contributed by atoms with Gasteiger partial charge in [-0.3, -0.25) is 9.69 Å². The molecule has 0 saturated carbocycles. The molecule has 2 aromatic rings. The first-order valence-electron chi connectivity index (χ1n) is 9.03. The van der Waals surface area contributed by atoms with Crippen LogP contribution in [0.25, 0.3) is 0 Å². The van der Waals surface area contributed by atoms with E-state index < -0.39 is 0 Å². The van der Waals surface area contributed by atoms with Crippen molar-refractivity contribution in [3.63, 3.8) is 0 Å². The van der Waals surface area contributed by atoms with Crippen LogP contribution >= 0.6 is 0 Å². The number of amides is 1. The molecule has 2 aromatic carbocycles. The molecule has 0 aliphatic carbocycles. The van der Waals surface area contributed by atoms with Crippen LogP contribution in [-0.2, 0) is 17.8 Å². The van der Waals surface area contributed by atoms with Crippen molar-refractivity contribution in [1.29, 1.82) is 0 Å². The van der Waals surface area contributed by atoms with Crippen molar-refractivity contribution in [1.82, 2.24) is 4.90 Å². The third-order valence-corrected chi connectivity index (χ3v) is 4.83. The summed E-state index contributed by atoms with van der Waals surface area (Å²) in [6.07, 6.45) is 0.889. The number of rotatable bonds is 6. The van der Waals surface area contributed by atoms with Gasteiger partial charge in [-0.1, -0.05) is 0 Å². The van der Waals surface area contributed by atoms with E-state index in [1.807, 2.05) is 55.4 Å². The van der Waals surface area contributed by atoms with Crippen molar-refractivity contribution in [3.05, 3.63) is 47.5 Å².